The van der Waals surface area contributed by atoms with E-state index in [0.29, 0.717) is 26.2 Å². The number of nitrogens with zero attached hydrogens (tertiary/aromatic N) is 2. The Morgan fingerprint density at radius 1 is 1.21 bits per heavy atom. The first-order chi connectivity index (χ1) is 11.5. The average Bonchev–Trinajstić information content (AvgIpc) is 2.54. The van der Waals surface area contributed by atoms with E-state index in [0.717, 1.165) is 16.2 Å². The predicted octanol–water partition coefficient (Wildman–Crippen LogP) is 2.75. The van der Waals surface area contributed by atoms with Crippen LogP contribution in [-0.2, 0) is 4.79 Å². The van der Waals surface area contributed by atoms with Gasteiger partial charge in [-0.1, -0.05) is 45.9 Å². The molecule has 0 N–H and O–H groups in total. The SMILES string of the molecule is O=C([O-])CSc1nc2c(Br)cc(Br)cc2c(=O)n1-c1ccccc1. The van der Waals surface area contributed by atoms with E-state index in [1.165, 1.54) is 4.57 Å². The van der Waals surface area contributed by atoms with Crippen LogP contribution < -0.4 is 10.7 Å². The number of carbonyl (C=O) groups excluding carboxylic acids is 1. The highest BCUT2D eigenvalue weighted by Crippen LogP contribution is 2.28. The minimum Gasteiger partial charge on any atom is -0.549 e. The molecule has 1 heterocycles. The van der Waals surface area contributed by atoms with E-state index in [4.69, 9.17) is 0 Å². The van der Waals surface area contributed by atoms with Crippen molar-refractivity contribution in [2.24, 2.45) is 0 Å². The van der Waals surface area contributed by atoms with Crippen LogP contribution in [0.4, 0.5) is 0 Å². The number of thioether (sulfide) groups is 1. The minimum atomic E-state index is -1.22. The summed E-state index contributed by atoms with van der Waals surface area (Å²) < 4.78 is 2.81. The monoisotopic (exact) mass is 467 g/mol. The summed E-state index contributed by atoms with van der Waals surface area (Å²) in [6, 6.07) is 12.5. The van der Waals surface area contributed by atoms with Crippen LogP contribution in [0.15, 0.2) is 61.4 Å². The van der Waals surface area contributed by atoms with Crippen LogP contribution in [0.2, 0.25) is 0 Å². The number of hydrogen-bond acceptors (Lipinski definition) is 5. The van der Waals surface area contributed by atoms with Crippen molar-refractivity contribution < 1.29 is 9.90 Å². The van der Waals surface area contributed by atoms with Gasteiger partial charge in [-0.05, 0) is 40.2 Å². The highest BCUT2D eigenvalue weighted by Gasteiger charge is 2.15. The number of rotatable bonds is 4. The average molecular weight is 469 g/mol. The molecule has 0 aliphatic rings. The molecule has 5 nitrogen and oxygen atoms in total. The molecular weight excluding hydrogens is 460 g/mol. The maximum atomic E-state index is 13.0. The van der Waals surface area contributed by atoms with Crippen molar-refractivity contribution in [3.8, 4) is 5.69 Å². The summed E-state index contributed by atoms with van der Waals surface area (Å²) in [5.74, 6) is -1.51. The number of carbonyl (C=O) groups is 1. The molecule has 1 aromatic heterocycles. The van der Waals surface area contributed by atoms with Crippen LogP contribution in [0.5, 0.6) is 0 Å². The molecule has 0 saturated heterocycles. The Morgan fingerprint density at radius 3 is 2.58 bits per heavy atom. The second kappa shape index (κ2) is 7.08. The molecule has 0 aliphatic carbocycles. The van der Waals surface area contributed by atoms with E-state index in [-0.39, 0.29) is 11.3 Å². The van der Waals surface area contributed by atoms with Crippen LogP contribution in [-0.4, -0.2) is 21.3 Å². The lowest BCUT2D eigenvalue weighted by atomic mass is 10.2. The summed E-state index contributed by atoms with van der Waals surface area (Å²) in [4.78, 5) is 28.3. The van der Waals surface area contributed by atoms with Gasteiger partial charge in [0.05, 0.1) is 22.6 Å². The Labute approximate surface area is 158 Å². The van der Waals surface area contributed by atoms with E-state index in [1.807, 2.05) is 6.07 Å². The fourth-order valence-corrected chi connectivity index (χ4v) is 4.25. The Kier molecular flexibility index (Phi) is 5.07. The second-order valence-corrected chi connectivity index (χ2v) is 7.53. The lowest BCUT2D eigenvalue weighted by Gasteiger charge is -2.14. The summed E-state index contributed by atoms with van der Waals surface area (Å²) >= 11 is 7.72. The first-order valence-corrected chi connectivity index (χ1v) is 9.34. The molecule has 0 saturated carbocycles. The molecule has 0 atom stereocenters. The molecule has 0 unspecified atom stereocenters. The van der Waals surface area contributed by atoms with Crippen molar-refractivity contribution in [3.05, 3.63) is 61.8 Å². The quantitative estimate of drug-likeness (QED) is 0.434. The number of aromatic nitrogens is 2. The zero-order chi connectivity index (χ0) is 17.3. The van der Waals surface area contributed by atoms with Gasteiger partial charge < -0.3 is 9.90 Å². The van der Waals surface area contributed by atoms with Gasteiger partial charge in [0.15, 0.2) is 5.16 Å². The van der Waals surface area contributed by atoms with E-state index >= 15 is 0 Å². The summed E-state index contributed by atoms with van der Waals surface area (Å²) in [5.41, 5.74) is 0.833. The van der Waals surface area contributed by atoms with Gasteiger partial charge in [-0.3, -0.25) is 9.36 Å². The molecule has 0 aliphatic heterocycles. The Hall–Kier alpha value is -1.64. The van der Waals surface area contributed by atoms with E-state index in [1.54, 1.807) is 36.4 Å². The fraction of sp³-hybridized carbons (Fsp3) is 0.0625. The Balaban J connectivity index is 2.33. The molecule has 2 aromatic carbocycles. The molecule has 0 fully saturated rings. The molecule has 24 heavy (non-hydrogen) atoms. The third-order valence-corrected chi connectivity index (χ3v) is 5.17. The van der Waals surface area contributed by atoms with Gasteiger partial charge in [0.1, 0.15) is 0 Å². The summed E-state index contributed by atoms with van der Waals surface area (Å²) in [6.45, 7) is 0. The zero-order valence-corrected chi connectivity index (χ0v) is 16.0. The molecule has 0 radical (unpaired) electrons. The molecule has 0 spiro atoms. The largest absolute Gasteiger partial charge is 0.549 e. The molecule has 122 valence electrons. The fourth-order valence-electron chi connectivity index (χ4n) is 2.22. The third kappa shape index (κ3) is 3.40. The Morgan fingerprint density at radius 2 is 1.92 bits per heavy atom. The van der Waals surface area contributed by atoms with E-state index < -0.39 is 5.97 Å². The summed E-state index contributed by atoms with van der Waals surface area (Å²) in [6.07, 6.45) is 0. The maximum Gasteiger partial charge on any atom is 0.266 e. The minimum absolute atomic E-state index is 0.269. The van der Waals surface area contributed by atoms with Gasteiger partial charge in [-0.2, -0.15) is 0 Å². The molecule has 3 aromatic rings. The van der Waals surface area contributed by atoms with E-state index in [2.05, 4.69) is 36.8 Å². The molecule has 0 amide bonds. The first kappa shape index (κ1) is 17.2. The van der Waals surface area contributed by atoms with Crippen LogP contribution in [0.25, 0.3) is 16.6 Å². The van der Waals surface area contributed by atoms with Crippen molar-refractivity contribution in [1.82, 2.24) is 9.55 Å². The smallest absolute Gasteiger partial charge is 0.266 e. The lowest BCUT2D eigenvalue weighted by Crippen LogP contribution is -2.26. The zero-order valence-electron chi connectivity index (χ0n) is 12.0. The van der Waals surface area contributed by atoms with Crippen molar-refractivity contribution in [1.29, 1.82) is 0 Å². The number of aliphatic carboxylic acids is 1. The standard InChI is InChI=1S/C16H10Br2N2O3S/c17-9-6-11-14(12(18)7-9)19-16(24-8-13(21)22)20(15(11)23)10-4-2-1-3-5-10/h1-7H,8H2,(H,21,22)/p-1. The third-order valence-electron chi connectivity index (χ3n) is 3.19. The molecule has 0 bridgehead atoms. The molecule has 8 heteroatoms. The Bertz CT molecular complexity index is 990. The number of carboxylic acid groups (broad SMARTS) is 1. The summed E-state index contributed by atoms with van der Waals surface area (Å²) in [5, 5.41) is 11.5. The number of carboxylic acids is 1. The summed E-state index contributed by atoms with van der Waals surface area (Å²) in [7, 11) is 0. The van der Waals surface area contributed by atoms with Crippen molar-refractivity contribution in [2.75, 3.05) is 5.75 Å². The van der Waals surface area contributed by atoms with E-state index in [9.17, 15) is 14.7 Å². The predicted molar refractivity (Wildman–Crippen MR) is 98.5 cm³/mol. The number of fused-ring (bicyclic) bond motifs is 1. The molecule has 3 rings (SSSR count). The van der Waals surface area contributed by atoms with Crippen LogP contribution in [0.3, 0.4) is 0 Å². The van der Waals surface area contributed by atoms with Crippen LogP contribution >= 0.6 is 43.6 Å². The number of hydrogen-bond donors (Lipinski definition) is 0. The van der Waals surface area contributed by atoms with Crippen LogP contribution in [0.1, 0.15) is 0 Å². The number of halogens is 2. The molecular formula is C16H9Br2N2O3S-. The second-order valence-electron chi connectivity index (χ2n) is 4.81. The van der Waals surface area contributed by atoms with Gasteiger partial charge in [-0.25, -0.2) is 4.98 Å². The highest BCUT2D eigenvalue weighted by atomic mass is 79.9. The first-order valence-electron chi connectivity index (χ1n) is 6.77. The van der Waals surface area contributed by atoms with Gasteiger partial charge in [0.2, 0.25) is 0 Å². The van der Waals surface area contributed by atoms with Gasteiger partial charge >= 0.3 is 0 Å². The van der Waals surface area contributed by atoms with Crippen LogP contribution in [0, 0.1) is 0 Å². The van der Waals surface area contributed by atoms with Gasteiger partial charge in [0, 0.05) is 14.7 Å². The van der Waals surface area contributed by atoms with Crippen molar-refractivity contribution in [3.63, 3.8) is 0 Å². The topological polar surface area (TPSA) is 75.0 Å². The lowest BCUT2D eigenvalue weighted by molar-refractivity contribution is -0.301. The number of para-hydroxylation sites is 1. The number of benzene rings is 2. The highest BCUT2D eigenvalue weighted by molar-refractivity contribution is 9.11. The normalized spacial score (nSPS) is 10.9. The maximum absolute atomic E-state index is 13.0. The van der Waals surface area contributed by atoms with Gasteiger partial charge in [-0.15, -0.1) is 0 Å². The van der Waals surface area contributed by atoms with Crippen molar-refractivity contribution >= 4 is 60.5 Å². The van der Waals surface area contributed by atoms with Crippen molar-refractivity contribution in [2.45, 2.75) is 5.16 Å². The van der Waals surface area contributed by atoms with Gasteiger partial charge in [0.25, 0.3) is 5.56 Å².